The first-order valence-electron chi connectivity index (χ1n) is 6.72. The first-order chi connectivity index (χ1) is 8.67. The summed E-state index contributed by atoms with van der Waals surface area (Å²) in [6.45, 7) is 6.93. The summed E-state index contributed by atoms with van der Waals surface area (Å²) in [5.41, 5.74) is 0. The van der Waals surface area contributed by atoms with Gasteiger partial charge >= 0.3 is 11.9 Å². The third-order valence-electron chi connectivity index (χ3n) is 3.14. The number of carbonyl (C=O) groups excluding carboxylic acids is 2. The summed E-state index contributed by atoms with van der Waals surface area (Å²) >= 11 is 0. The van der Waals surface area contributed by atoms with Crippen LogP contribution < -0.4 is 0 Å². The largest absolute Gasteiger partial charge is 0.466 e. The molecular weight excluding hydrogens is 234 g/mol. The smallest absolute Gasteiger partial charge is 0.309 e. The Morgan fingerprint density at radius 3 is 2.28 bits per heavy atom. The van der Waals surface area contributed by atoms with Gasteiger partial charge in [0, 0.05) is 6.54 Å². The molecule has 0 bridgehead atoms. The monoisotopic (exact) mass is 257 g/mol. The number of rotatable bonds is 6. The van der Waals surface area contributed by atoms with E-state index in [9.17, 15) is 9.59 Å². The summed E-state index contributed by atoms with van der Waals surface area (Å²) < 4.78 is 9.90. The van der Waals surface area contributed by atoms with Crippen molar-refractivity contribution in [3.05, 3.63) is 0 Å². The van der Waals surface area contributed by atoms with Gasteiger partial charge in [0.25, 0.3) is 0 Å². The van der Waals surface area contributed by atoms with Crippen molar-refractivity contribution >= 4 is 11.9 Å². The van der Waals surface area contributed by atoms with Crippen LogP contribution in [0.4, 0.5) is 0 Å². The SMILES string of the molecule is CCOC(=O)CCN1CCC(C(=O)OCC)CC1. The second-order valence-corrected chi connectivity index (χ2v) is 4.42. The third kappa shape index (κ3) is 5.04. The van der Waals surface area contributed by atoms with E-state index < -0.39 is 0 Å². The highest BCUT2D eigenvalue weighted by Gasteiger charge is 2.25. The van der Waals surface area contributed by atoms with Gasteiger partial charge in [0.15, 0.2) is 0 Å². The van der Waals surface area contributed by atoms with Crippen molar-refractivity contribution in [1.29, 1.82) is 0 Å². The van der Waals surface area contributed by atoms with E-state index in [1.54, 1.807) is 0 Å². The van der Waals surface area contributed by atoms with Gasteiger partial charge in [0.05, 0.1) is 25.6 Å². The number of hydrogen-bond donors (Lipinski definition) is 0. The molecule has 0 saturated carbocycles. The Balaban J connectivity index is 2.19. The Kier molecular flexibility index (Phi) is 6.72. The summed E-state index contributed by atoms with van der Waals surface area (Å²) in [6.07, 6.45) is 2.07. The molecule has 0 radical (unpaired) electrons. The topological polar surface area (TPSA) is 55.8 Å². The molecule has 0 spiro atoms. The number of carbonyl (C=O) groups is 2. The van der Waals surface area contributed by atoms with E-state index in [0.717, 1.165) is 25.9 Å². The van der Waals surface area contributed by atoms with Crippen LogP contribution in [0.2, 0.25) is 0 Å². The van der Waals surface area contributed by atoms with Crippen LogP contribution in [-0.4, -0.2) is 49.7 Å². The van der Waals surface area contributed by atoms with Crippen molar-refractivity contribution in [2.45, 2.75) is 33.1 Å². The lowest BCUT2D eigenvalue weighted by molar-refractivity contribution is -0.150. The van der Waals surface area contributed by atoms with Gasteiger partial charge < -0.3 is 14.4 Å². The lowest BCUT2D eigenvalue weighted by Crippen LogP contribution is -2.38. The molecule has 0 unspecified atom stereocenters. The second kappa shape index (κ2) is 8.08. The van der Waals surface area contributed by atoms with Gasteiger partial charge in [-0.1, -0.05) is 0 Å². The maximum absolute atomic E-state index is 11.5. The highest BCUT2D eigenvalue weighted by molar-refractivity contribution is 5.72. The van der Waals surface area contributed by atoms with Gasteiger partial charge in [0.1, 0.15) is 0 Å². The van der Waals surface area contributed by atoms with Gasteiger partial charge in [-0.15, -0.1) is 0 Å². The van der Waals surface area contributed by atoms with E-state index in [1.165, 1.54) is 0 Å². The molecule has 1 rings (SSSR count). The zero-order valence-corrected chi connectivity index (χ0v) is 11.3. The first-order valence-corrected chi connectivity index (χ1v) is 6.72. The zero-order valence-electron chi connectivity index (χ0n) is 11.3. The molecule has 0 aromatic rings. The van der Waals surface area contributed by atoms with Crippen LogP contribution in [0, 0.1) is 5.92 Å². The quantitative estimate of drug-likeness (QED) is 0.670. The minimum Gasteiger partial charge on any atom is -0.466 e. The minimum atomic E-state index is -0.148. The molecule has 1 heterocycles. The molecule has 0 aromatic carbocycles. The summed E-state index contributed by atoms with van der Waals surface area (Å²) in [5, 5.41) is 0. The number of hydrogen-bond acceptors (Lipinski definition) is 5. The van der Waals surface area contributed by atoms with Crippen molar-refractivity contribution < 1.29 is 19.1 Å². The molecule has 0 aromatic heterocycles. The van der Waals surface area contributed by atoms with E-state index >= 15 is 0 Å². The van der Waals surface area contributed by atoms with Crippen LogP contribution in [-0.2, 0) is 19.1 Å². The van der Waals surface area contributed by atoms with Gasteiger partial charge in [0.2, 0.25) is 0 Å². The van der Waals surface area contributed by atoms with Crippen LogP contribution in [0.25, 0.3) is 0 Å². The molecular formula is C13H23NO4. The summed E-state index contributed by atoms with van der Waals surface area (Å²) in [5.74, 6) is -0.198. The lowest BCUT2D eigenvalue weighted by Gasteiger charge is -2.30. The first kappa shape index (κ1) is 15.0. The molecule has 0 aliphatic carbocycles. The van der Waals surface area contributed by atoms with E-state index in [2.05, 4.69) is 4.90 Å². The molecule has 1 aliphatic heterocycles. The third-order valence-corrected chi connectivity index (χ3v) is 3.14. The average Bonchev–Trinajstić information content (AvgIpc) is 2.37. The van der Waals surface area contributed by atoms with Gasteiger partial charge in [-0.25, -0.2) is 0 Å². The normalized spacial score (nSPS) is 17.4. The number of ether oxygens (including phenoxy) is 2. The maximum atomic E-state index is 11.5. The highest BCUT2D eigenvalue weighted by atomic mass is 16.5. The predicted molar refractivity (Wildman–Crippen MR) is 67.0 cm³/mol. The Labute approximate surface area is 108 Å². The van der Waals surface area contributed by atoms with Crippen molar-refractivity contribution in [2.24, 2.45) is 5.92 Å². The average molecular weight is 257 g/mol. The van der Waals surface area contributed by atoms with Crippen LogP contribution in [0.15, 0.2) is 0 Å². The van der Waals surface area contributed by atoms with Gasteiger partial charge in [-0.05, 0) is 39.8 Å². The van der Waals surface area contributed by atoms with E-state index in [-0.39, 0.29) is 17.9 Å². The fraction of sp³-hybridized carbons (Fsp3) is 0.846. The lowest BCUT2D eigenvalue weighted by atomic mass is 9.97. The Bertz CT molecular complexity index is 272. The van der Waals surface area contributed by atoms with Crippen molar-refractivity contribution in [3.8, 4) is 0 Å². The molecule has 5 heteroatoms. The maximum Gasteiger partial charge on any atom is 0.309 e. The fourth-order valence-corrected chi connectivity index (χ4v) is 2.13. The summed E-state index contributed by atoms with van der Waals surface area (Å²) in [7, 11) is 0. The van der Waals surface area contributed by atoms with Crippen LogP contribution in [0.3, 0.4) is 0 Å². The standard InChI is InChI=1S/C13H23NO4/c1-3-17-12(15)7-10-14-8-5-11(6-9-14)13(16)18-4-2/h11H,3-10H2,1-2H3. The zero-order chi connectivity index (χ0) is 13.4. The number of piperidine rings is 1. The molecule has 1 fully saturated rings. The number of nitrogens with zero attached hydrogens (tertiary/aromatic N) is 1. The molecule has 1 aliphatic rings. The van der Waals surface area contributed by atoms with Gasteiger partial charge in [-0.3, -0.25) is 9.59 Å². The second-order valence-electron chi connectivity index (χ2n) is 4.42. The van der Waals surface area contributed by atoms with Crippen molar-refractivity contribution in [2.75, 3.05) is 32.8 Å². The molecule has 0 N–H and O–H groups in total. The summed E-state index contributed by atoms with van der Waals surface area (Å²) in [6, 6.07) is 0. The number of esters is 2. The molecule has 18 heavy (non-hydrogen) atoms. The molecule has 104 valence electrons. The van der Waals surface area contributed by atoms with Crippen LogP contribution in [0.5, 0.6) is 0 Å². The molecule has 0 atom stereocenters. The number of likely N-dealkylation sites (tertiary alicyclic amines) is 1. The Morgan fingerprint density at radius 2 is 1.72 bits per heavy atom. The Hall–Kier alpha value is -1.10. The molecule has 1 saturated heterocycles. The highest BCUT2D eigenvalue weighted by Crippen LogP contribution is 2.18. The molecule has 0 amide bonds. The fourth-order valence-electron chi connectivity index (χ4n) is 2.13. The van der Waals surface area contributed by atoms with E-state index in [1.807, 2.05) is 13.8 Å². The van der Waals surface area contributed by atoms with Crippen LogP contribution in [0.1, 0.15) is 33.1 Å². The van der Waals surface area contributed by atoms with E-state index in [0.29, 0.717) is 26.2 Å². The summed E-state index contributed by atoms with van der Waals surface area (Å²) in [4.78, 5) is 25.0. The van der Waals surface area contributed by atoms with E-state index in [4.69, 9.17) is 9.47 Å². The molecule has 5 nitrogen and oxygen atoms in total. The predicted octanol–water partition coefficient (Wildman–Crippen LogP) is 1.21. The Morgan fingerprint density at radius 1 is 1.11 bits per heavy atom. The van der Waals surface area contributed by atoms with Gasteiger partial charge in [-0.2, -0.15) is 0 Å². The van der Waals surface area contributed by atoms with Crippen molar-refractivity contribution in [1.82, 2.24) is 4.90 Å². The van der Waals surface area contributed by atoms with Crippen molar-refractivity contribution in [3.63, 3.8) is 0 Å². The van der Waals surface area contributed by atoms with Crippen LogP contribution >= 0.6 is 0 Å². The minimum absolute atomic E-state index is 0.0313.